The fraction of sp³-hybridized carbons (Fsp3) is 0.250. The number of anilines is 2. The van der Waals surface area contributed by atoms with Crippen molar-refractivity contribution in [2.45, 2.75) is 6.92 Å². The predicted octanol–water partition coefficient (Wildman–Crippen LogP) is 3.57. The molecular weight excluding hydrogens is 397 g/mol. The van der Waals surface area contributed by atoms with Crippen molar-refractivity contribution in [3.05, 3.63) is 74.8 Å². The number of rotatable bonds is 3. The van der Waals surface area contributed by atoms with Gasteiger partial charge in [-0.2, -0.15) is 9.78 Å². The Bertz CT molecular complexity index is 1050. The molecule has 0 unspecified atom stereocenters. The molecule has 1 aliphatic heterocycles. The van der Waals surface area contributed by atoms with Crippen LogP contribution in [0.3, 0.4) is 0 Å². The van der Waals surface area contributed by atoms with Crippen LogP contribution in [0, 0.1) is 6.92 Å². The van der Waals surface area contributed by atoms with E-state index in [1.165, 1.54) is 4.68 Å². The molecule has 0 amide bonds. The van der Waals surface area contributed by atoms with Crippen LogP contribution in [-0.4, -0.2) is 40.9 Å². The van der Waals surface area contributed by atoms with Crippen LogP contribution in [0.15, 0.2) is 53.6 Å². The van der Waals surface area contributed by atoms with E-state index < -0.39 is 0 Å². The van der Waals surface area contributed by atoms with Crippen LogP contribution in [0.4, 0.5) is 11.5 Å². The zero-order valence-corrected chi connectivity index (χ0v) is 16.9. The minimum atomic E-state index is -0.355. The van der Waals surface area contributed by atoms with Crippen molar-refractivity contribution >= 4 is 34.7 Å². The van der Waals surface area contributed by atoms with E-state index in [4.69, 9.17) is 23.2 Å². The first-order valence-corrected chi connectivity index (χ1v) is 9.75. The largest absolute Gasteiger partial charge is 0.365 e. The average molecular weight is 416 g/mol. The summed E-state index contributed by atoms with van der Waals surface area (Å²) in [5.74, 6) is 0.957. The molecule has 0 saturated carbocycles. The Morgan fingerprint density at radius 3 is 2.43 bits per heavy atom. The van der Waals surface area contributed by atoms with Gasteiger partial charge in [0.2, 0.25) is 0 Å². The first-order chi connectivity index (χ1) is 13.5. The smallest absolute Gasteiger partial charge is 0.292 e. The molecule has 0 N–H and O–H groups in total. The molecule has 1 fully saturated rings. The van der Waals surface area contributed by atoms with Gasteiger partial charge in [0.15, 0.2) is 0 Å². The number of aryl methyl sites for hydroxylation is 1. The maximum Gasteiger partial charge on any atom is 0.292 e. The van der Waals surface area contributed by atoms with Gasteiger partial charge < -0.3 is 9.80 Å². The minimum absolute atomic E-state index is 0.165. The number of piperazine rings is 1. The lowest BCUT2D eigenvalue weighted by Gasteiger charge is -2.36. The van der Waals surface area contributed by atoms with E-state index in [1.54, 1.807) is 24.5 Å². The zero-order valence-electron chi connectivity index (χ0n) is 15.3. The summed E-state index contributed by atoms with van der Waals surface area (Å²) in [6, 6.07) is 11.3. The lowest BCUT2D eigenvalue weighted by Crippen LogP contribution is -2.47. The highest BCUT2D eigenvalue weighted by atomic mass is 35.5. The van der Waals surface area contributed by atoms with Crippen LogP contribution in [0.1, 0.15) is 5.56 Å². The first kappa shape index (κ1) is 18.8. The normalized spacial score (nSPS) is 14.4. The third-order valence-corrected chi connectivity index (χ3v) is 5.66. The molecule has 144 valence electrons. The van der Waals surface area contributed by atoms with Crippen LogP contribution in [0.2, 0.25) is 10.0 Å². The van der Waals surface area contributed by atoms with E-state index in [-0.39, 0.29) is 10.6 Å². The summed E-state index contributed by atoms with van der Waals surface area (Å²) in [6.07, 6.45) is 3.44. The second-order valence-electron chi connectivity index (χ2n) is 6.66. The fourth-order valence-corrected chi connectivity index (χ4v) is 3.68. The summed E-state index contributed by atoms with van der Waals surface area (Å²) in [6.45, 7) is 4.96. The molecule has 0 atom stereocenters. The average Bonchev–Trinajstić information content (AvgIpc) is 2.73. The Hall–Kier alpha value is -2.57. The van der Waals surface area contributed by atoms with Gasteiger partial charge in [0, 0.05) is 37.4 Å². The van der Waals surface area contributed by atoms with Gasteiger partial charge in [-0.15, -0.1) is 0 Å². The lowest BCUT2D eigenvalue weighted by molar-refractivity contribution is 0.643. The topological polar surface area (TPSA) is 54.3 Å². The predicted molar refractivity (Wildman–Crippen MR) is 113 cm³/mol. The number of hydrogen-bond donors (Lipinski definition) is 0. The SMILES string of the molecule is Cc1ccc(-n2ncc(N3CCN(c4ccccn4)CC3)c(Cl)c2=O)cc1Cl. The van der Waals surface area contributed by atoms with Gasteiger partial charge >= 0.3 is 0 Å². The van der Waals surface area contributed by atoms with Crippen LogP contribution in [-0.2, 0) is 0 Å². The van der Waals surface area contributed by atoms with Gasteiger partial charge in [0.1, 0.15) is 10.8 Å². The van der Waals surface area contributed by atoms with E-state index in [2.05, 4.69) is 19.9 Å². The van der Waals surface area contributed by atoms with Gasteiger partial charge in [0.05, 0.1) is 17.6 Å². The fourth-order valence-electron chi connectivity index (χ4n) is 3.26. The summed E-state index contributed by atoms with van der Waals surface area (Å²) in [5.41, 5.74) is 1.83. The molecule has 4 rings (SSSR count). The number of aromatic nitrogens is 3. The summed E-state index contributed by atoms with van der Waals surface area (Å²) in [7, 11) is 0. The van der Waals surface area contributed by atoms with Crippen molar-refractivity contribution in [3.8, 4) is 5.69 Å². The van der Waals surface area contributed by atoms with Gasteiger partial charge in [0.25, 0.3) is 5.56 Å². The first-order valence-electron chi connectivity index (χ1n) is 9.00. The molecule has 1 saturated heterocycles. The Kier molecular flexibility index (Phi) is 5.24. The summed E-state index contributed by atoms with van der Waals surface area (Å²) >= 11 is 12.6. The summed E-state index contributed by atoms with van der Waals surface area (Å²) in [5, 5.41) is 5.07. The van der Waals surface area contributed by atoms with Crippen LogP contribution < -0.4 is 15.4 Å². The second kappa shape index (κ2) is 7.81. The molecule has 28 heavy (non-hydrogen) atoms. The molecular formula is C20H19Cl2N5O. The molecule has 0 spiro atoms. The van der Waals surface area contributed by atoms with Crippen molar-refractivity contribution in [2.75, 3.05) is 36.0 Å². The zero-order chi connectivity index (χ0) is 19.7. The molecule has 0 aliphatic carbocycles. The standard InChI is InChI=1S/C20H19Cl2N5O/c1-14-5-6-15(12-16(14)21)27-20(28)19(22)17(13-24-27)25-8-10-26(11-9-25)18-4-2-3-7-23-18/h2-7,12-13H,8-11H2,1H3. The molecule has 6 nitrogen and oxygen atoms in total. The van der Waals surface area contributed by atoms with Crippen LogP contribution in [0.25, 0.3) is 5.69 Å². The molecule has 3 heterocycles. The molecule has 8 heteroatoms. The molecule has 1 aliphatic rings. The number of nitrogens with zero attached hydrogens (tertiary/aromatic N) is 5. The Morgan fingerprint density at radius 1 is 1.00 bits per heavy atom. The maximum absolute atomic E-state index is 12.8. The monoisotopic (exact) mass is 415 g/mol. The number of pyridine rings is 1. The van der Waals surface area contributed by atoms with Crippen molar-refractivity contribution in [1.82, 2.24) is 14.8 Å². The van der Waals surface area contributed by atoms with Crippen LogP contribution >= 0.6 is 23.2 Å². The van der Waals surface area contributed by atoms with Gasteiger partial charge in [-0.1, -0.05) is 35.3 Å². The highest BCUT2D eigenvalue weighted by Crippen LogP contribution is 2.25. The van der Waals surface area contributed by atoms with E-state index in [0.29, 0.717) is 16.4 Å². The minimum Gasteiger partial charge on any atom is -0.365 e. The van der Waals surface area contributed by atoms with Crippen molar-refractivity contribution < 1.29 is 0 Å². The Labute approximate surface area is 172 Å². The highest BCUT2D eigenvalue weighted by Gasteiger charge is 2.22. The Balaban J connectivity index is 1.56. The van der Waals surface area contributed by atoms with Gasteiger partial charge in [-0.25, -0.2) is 4.98 Å². The van der Waals surface area contributed by atoms with E-state index in [1.807, 2.05) is 31.2 Å². The van der Waals surface area contributed by atoms with Gasteiger partial charge in [-0.05, 0) is 36.8 Å². The van der Waals surface area contributed by atoms with Crippen molar-refractivity contribution in [2.24, 2.45) is 0 Å². The molecule has 2 aromatic heterocycles. The van der Waals surface area contributed by atoms with E-state index >= 15 is 0 Å². The third-order valence-electron chi connectivity index (χ3n) is 4.89. The third kappa shape index (κ3) is 3.57. The van der Waals surface area contributed by atoms with E-state index in [0.717, 1.165) is 37.6 Å². The summed E-state index contributed by atoms with van der Waals surface area (Å²) in [4.78, 5) is 21.5. The molecule has 0 bridgehead atoms. The highest BCUT2D eigenvalue weighted by molar-refractivity contribution is 6.33. The van der Waals surface area contributed by atoms with Gasteiger partial charge in [-0.3, -0.25) is 4.79 Å². The number of benzene rings is 1. The lowest BCUT2D eigenvalue weighted by atomic mass is 10.2. The molecule has 0 radical (unpaired) electrons. The Morgan fingerprint density at radius 2 is 1.75 bits per heavy atom. The van der Waals surface area contributed by atoms with E-state index in [9.17, 15) is 4.79 Å². The van der Waals surface area contributed by atoms with Crippen molar-refractivity contribution in [3.63, 3.8) is 0 Å². The number of halogens is 2. The van der Waals surface area contributed by atoms with Crippen LogP contribution in [0.5, 0.6) is 0 Å². The maximum atomic E-state index is 12.8. The molecule has 3 aromatic rings. The van der Waals surface area contributed by atoms with Crippen molar-refractivity contribution in [1.29, 1.82) is 0 Å². The second-order valence-corrected chi connectivity index (χ2v) is 7.44. The summed E-state index contributed by atoms with van der Waals surface area (Å²) < 4.78 is 1.28. The quantitative estimate of drug-likeness (QED) is 0.654. The molecule has 1 aromatic carbocycles. The number of hydrogen-bond acceptors (Lipinski definition) is 5.